The molecule has 0 radical (unpaired) electrons. The SMILES string of the molecule is CCC/C=C\C/C=C\CCCCCCCC(=O)OC(COC(=O)CCCCCCCCCCCCCCCCCCCCCCCCCCCC)COC(OCC[N+](C)(C)C)C(=O)[O-]. The highest BCUT2D eigenvalue weighted by Gasteiger charge is 2.22. The summed E-state index contributed by atoms with van der Waals surface area (Å²) in [7, 11) is 5.91. The van der Waals surface area contributed by atoms with Gasteiger partial charge in [-0.25, -0.2) is 0 Å². The summed E-state index contributed by atoms with van der Waals surface area (Å²) in [4.78, 5) is 37.1. The van der Waals surface area contributed by atoms with Gasteiger partial charge in [0.05, 0.1) is 40.3 Å². The Morgan fingerprint density at radius 1 is 0.469 bits per heavy atom. The van der Waals surface area contributed by atoms with Gasteiger partial charge in [0.1, 0.15) is 13.2 Å². The van der Waals surface area contributed by atoms with E-state index in [1.165, 1.54) is 154 Å². The molecule has 0 amide bonds. The van der Waals surface area contributed by atoms with Crippen LogP contribution in [0.4, 0.5) is 0 Å². The number of nitrogens with zero attached hydrogens (tertiary/aromatic N) is 1. The van der Waals surface area contributed by atoms with Crippen LogP contribution in [-0.2, 0) is 33.3 Å². The Morgan fingerprint density at radius 2 is 0.875 bits per heavy atom. The summed E-state index contributed by atoms with van der Waals surface area (Å²) < 4.78 is 22.6. The van der Waals surface area contributed by atoms with Crippen molar-refractivity contribution >= 4 is 17.9 Å². The number of carbonyl (C=O) groups is 3. The molecule has 9 heteroatoms. The summed E-state index contributed by atoms with van der Waals surface area (Å²) in [6.45, 7) is 4.69. The molecule has 0 saturated heterocycles. The number of quaternary nitrogens is 1. The van der Waals surface area contributed by atoms with Crippen molar-refractivity contribution in [1.82, 2.24) is 0 Å². The van der Waals surface area contributed by atoms with Crippen molar-refractivity contribution in [2.75, 3.05) is 47.5 Å². The fraction of sp³-hybridized carbons (Fsp3) is 0.873. The molecule has 0 aromatic carbocycles. The summed E-state index contributed by atoms with van der Waals surface area (Å²) in [6.07, 6.45) is 50.9. The van der Waals surface area contributed by atoms with Gasteiger partial charge in [-0.1, -0.05) is 224 Å². The topological polar surface area (TPSA) is 111 Å². The van der Waals surface area contributed by atoms with E-state index in [0.29, 0.717) is 23.9 Å². The molecule has 0 rings (SSSR count). The van der Waals surface area contributed by atoms with Gasteiger partial charge >= 0.3 is 11.9 Å². The first-order valence-electron chi connectivity index (χ1n) is 27.0. The smallest absolute Gasteiger partial charge is 0.306 e. The molecule has 2 atom stereocenters. The van der Waals surface area contributed by atoms with E-state index >= 15 is 0 Å². The van der Waals surface area contributed by atoms with E-state index in [4.69, 9.17) is 18.9 Å². The molecule has 0 aromatic rings. The Labute approximate surface area is 395 Å². The summed E-state index contributed by atoms with van der Waals surface area (Å²) >= 11 is 0. The average Bonchev–Trinajstić information content (AvgIpc) is 3.26. The zero-order chi connectivity index (χ0) is 47.0. The molecule has 0 aliphatic rings. The molecular formula is C55H103NO8. The zero-order valence-corrected chi connectivity index (χ0v) is 42.7. The molecule has 9 nitrogen and oxygen atoms in total. The van der Waals surface area contributed by atoms with Crippen LogP contribution in [0.25, 0.3) is 0 Å². The monoisotopic (exact) mass is 906 g/mol. The predicted molar refractivity (Wildman–Crippen MR) is 265 cm³/mol. The highest BCUT2D eigenvalue weighted by atomic mass is 16.7. The Morgan fingerprint density at radius 3 is 1.30 bits per heavy atom. The van der Waals surface area contributed by atoms with E-state index < -0.39 is 24.3 Å². The highest BCUT2D eigenvalue weighted by molar-refractivity contribution is 5.70. The second-order valence-electron chi connectivity index (χ2n) is 19.5. The zero-order valence-electron chi connectivity index (χ0n) is 42.7. The third-order valence-electron chi connectivity index (χ3n) is 11.9. The van der Waals surface area contributed by atoms with Crippen molar-refractivity contribution in [3.8, 4) is 0 Å². The van der Waals surface area contributed by atoms with E-state index in [1.54, 1.807) is 0 Å². The lowest BCUT2D eigenvalue weighted by Crippen LogP contribution is -2.44. The van der Waals surface area contributed by atoms with Crippen molar-refractivity contribution in [3.63, 3.8) is 0 Å². The van der Waals surface area contributed by atoms with E-state index in [0.717, 1.165) is 64.2 Å². The summed E-state index contributed by atoms with van der Waals surface area (Å²) in [5, 5.41) is 11.7. The fourth-order valence-electron chi connectivity index (χ4n) is 7.75. The van der Waals surface area contributed by atoms with Crippen molar-refractivity contribution < 1.29 is 42.9 Å². The molecule has 0 aromatic heterocycles. The molecular weight excluding hydrogens is 803 g/mol. The number of unbranched alkanes of at least 4 members (excludes halogenated alkanes) is 31. The molecule has 0 aliphatic heterocycles. The maximum Gasteiger partial charge on any atom is 0.306 e. The van der Waals surface area contributed by atoms with Crippen molar-refractivity contribution in [2.45, 2.75) is 264 Å². The number of carboxylic acids is 1. The van der Waals surface area contributed by atoms with Gasteiger partial charge < -0.3 is 33.3 Å². The third kappa shape index (κ3) is 47.7. The molecule has 0 fully saturated rings. The molecule has 0 spiro atoms. The van der Waals surface area contributed by atoms with Crippen LogP contribution < -0.4 is 5.11 Å². The molecule has 0 N–H and O–H groups in total. The number of rotatable bonds is 50. The maximum atomic E-state index is 12.8. The lowest BCUT2D eigenvalue weighted by atomic mass is 10.0. The van der Waals surface area contributed by atoms with E-state index in [-0.39, 0.29) is 32.2 Å². The lowest BCUT2D eigenvalue weighted by Gasteiger charge is -2.26. The number of likely N-dealkylation sites (N-methyl/N-ethyl adjacent to an activating group) is 1. The Hall–Kier alpha value is -2.23. The van der Waals surface area contributed by atoms with Crippen LogP contribution in [0.15, 0.2) is 24.3 Å². The molecule has 0 saturated carbocycles. The van der Waals surface area contributed by atoms with Crippen molar-refractivity contribution in [3.05, 3.63) is 24.3 Å². The van der Waals surface area contributed by atoms with Crippen LogP contribution in [0.3, 0.4) is 0 Å². The first kappa shape index (κ1) is 61.8. The molecule has 0 bridgehead atoms. The molecule has 2 unspecified atom stereocenters. The Bertz CT molecular complexity index is 1100. The van der Waals surface area contributed by atoms with Crippen molar-refractivity contribution in [1.29, 1.82) is 0 Å². The number of aliphatic carboxylic acids is 1. The Balaban J connectivity index is 4.15. The molecule has 376 valence electrons. The van der Waals surface area contributed by atoms with Crippen LogP contribution >= 0.6 is 0 Å². The number of carboxylic acid groups (broad SMARTS) is 1. The average molecular weight is 906 g/mol. The van der Waals surface area contributed by atoms with E-state index in [9.17, 15) is 19.5 Å². The number of hydrogen-bond acceptors (Lipinski definition) is 8. The first-order valence-corrected chi connectivity index (χ1v) is 27.0. The van der Waals surface area contributed by atoms with Crippen LogP contribution in [0.5, 0.6) is 0 Å². The highest BCUT2D eigenvalue weighted by Crippen LogP contribution is 2.17. The first-order chi connectivity index (χ1) is 31.1. The molecule has 0 heterocycles. The van der Waals surface area contributed by atoms with Crippen LogP contribution in [0, 0.1) is 0 Å². The van der Waals surface area contributed by atoms with Gasteiger partial charge in [-0.2, -0.15) is 0 Å². The summed E-state index contributed by atoms with van der Waals surface area (Å²) in [6, 6.07) is 0. The van der Waals surface area contributed by atoms with Crippen molar-refractivity contribution in [2.24, 2.45) is 0 Å². The van der Waals surface area contributed by atoms with Gasteiger partial charge in [0.2, 0.25) is 0 Å². The normalized spacial score (nSPS) is 13.0. The predicted octanol–water partition coefficient (Wildman–Crippen LogP) is 13.8. The lowest BCUT2D eigenvalue weighted by molar-refractivity contribution is -0.870. The largest absolute Gasteiger partial charge is 0.545 e. The minimum absolute atomic E-state index is 0.147. The third-order valence-corrected chi connectivity index (χ3v) is 11.9. The fourth-order valence-corrected chi connectivity index (χ4v) is 7.75. The van der Waals surface area contributed by atoms with Gasteiger partial charge in [-0.3, -0.25) is 9.59 Å². The number of allylic oxidation sites excluding steroid dienone is 4. The quantitative estimate of drug-likeness (QED) is 0.0195. The number of ether oxygens (including phenoxy) is 4. The second-order valence-corrected chi connectivity index (χ2v) is 19.5. The maximum absolute atomic E-state index is 12.8. The van der Waals surface area contributed by atoms with Crippen LogP contribution in [0.2, 0.25) is 0 Å². The Kier molecular flexibility index (Phi) is 45.6. The summed E-state index contributed by atoms with van der Waals surface area (Å²) in [5.74, 6) is -2.29. The van der Waals surface area contributed by atoms with Gasteiger partial charge in [0.25, 0.3) is 0 Å². The minimum Gasteiger partial charge on any atom is -0.545 e. The molecule has 64 heavy (non-hydrogen) atoms. The molecule has 0 aliphatic carbocycles. The van der Waals surface area contributed by atoms with Gasteiger partial charge in [0, 0.05) is 12.8 Å². The minimum atomic E-state index is -1.62. The van der Waals surface area contributed by atoms with E-state index in [1.807, 2.05) is 21.1 Å². The summed E-state index contributed by atoms with van der Waals surface area (Å²) in [5.41, 5.74) is 0. The van der Waals surface area contributed by atoms with Gasteiger partial charge in [0.15, 0.2) is 12.4 Å². The van der Waals surface area contributed by atoms with Gasteiger partial charge in [-0.05, 0) is 38.5 Å². The standard InChI is InChI=1S/C55H103NO8/c1-6-8-10-12-14-16-18-20-21-22-23-24-25-26-27-28-29-30-31-32-34-35-37-39-41-43-45-52(57)62-49-51(50-63-55(54(59)60)61-48-47-56(3,4)5)64-53(58)46-44-42-40-38-36-33-19-17-15-13-11-9-7-2/h11,13,17,19,51,55H,6-10,12,14-16,18,20-50H2,1-5H3/b13-11-,19-17-. The van der Waals surface area contributed by atoms with Crippen LogP contribution in [-0.4, -0.2) is 82.3 Å². The number of hydrogen-bond donors (Lipinski definition) is 0. The van der Waals surface area contributed by atoms with E-state index in [2.05, 4.69) is 38.2 Å². The van der Waals surface area contributed by atoms with Gasteiger partial charge in [-0.15, -0.1) is 0 Å². The number of esters is 2. The van der Waals surface area contributed by atoms with Crippen LogP contribution in [0.1, 0.15) is 251 Å². The number of carbonyl (C=O) groups excluding carboxylic acids is 3. The second kappa shape index (κ2) is 47.3.